The zero-order chi connectivity index (χ0) is 18.2. The summed E-state index contributed by atoms with van der Waals surface area (Å²) >= 11 is 0.611. The Hall–Kier alpha value is -2.36. The Morgan fingerprint density at radius 2 is 1.88 bits per heavy atom. The summed E-state index contributed by atoms with van der Waals surface area (Å²) in [6, 6.07) is 0.124. The number of aromatic nitrogens is 2. The first-order valence-electron chi connectivity index (χ1n) is 6.73. The van der Waals surface area contributed by atoms with Gasteiger partial charge in [-0.3, -0.25) is 9.48 Å². The van der Waals surface area contributed by atoms with Crippen LogP contribution >= 0.6 is 11.3 Å². The van der Waals surface area contributed by atoms with Crippen molar-refractivity contribution < 1.29 is 27.9 Å². The third-order valence-corrected chi connectivity index (χ3v) is 4.57. The highest BCUT2D eigenvalue weighted by Crippen LogP contribution is 2.36. The second-order valence-corrected chi connectivity index (χ2v) is 6.21. The van der Waals surface area contributed by atoms with Crippen LogP contribution in [0.3, 0.4) is 0 Å². The van der Waals surface area contributed by atoms with E-state index in [4.69, 9.17) is 5.11 Å². The van der Waals surface area contributed by atoms with Gasteiger partial charge in [0.1, 0.15) is 4.88 Å². The monoisotopic (exact) mass is 361 g/mol. The average molecular weight is 361 g/mol. The number of rotatable bonds is 4. The van der Waals surface area contributed by atoms with Crippen molar-refractivity contribution in [3.8, 4) is 0 Å². The van der Waals surface area contributed by atoms with Crippen LogP contribution in [0.1, 0.15) is 42.3 Å². The number of carboxylic acid groups (broad SMARTS) is 1. The zero-order valence-corrected chi connectivity index (χ0v) is 13.7. The van der Waals surface area contributed by atoms with Crippen LogP contribution in [-0.2, 0) is 7.05 Å². The number of aryl methyl sites for hydroxylation is 2. The van der Waals surface area contributed by atoms with Crippen LogP contribution in [0.15, 0.2) is 12.1 Å². The molecule has 2 aromatic heterocycles. The summed E-state index contributed by atoms with van der Waals surface area (Å²) in [5.74, 6) is -2.23. The number of thiophene rings is 1. The molecule has 6 nitrogen and oxygen atoms in total. The maximum atomic E-state index is 13.4. The Balaban J connectivity index is 2.36. The molecule has 2 N–H and O–H groups in total. The van der Waals surface area contributed by atoms with Gasteiger partial charge in [0, 0.05) is 18.3 Å². The van der Waals surface area contributed by atoms with Crippen molar-refractivity contribution >= 4 is 23.2 Å². The fourth-order valence-electron chi connectivity index (χ4n) is 2.30. The summed E-state index contributed by atoms with van der Waals surface area (Å²) in [5, 5.41) is 14.7. The van der Waals surface area contributed by atoms with E-state index in [-0.39, 0.29) is 26.7 Å². The number of carbonyl (C=O) groups is 2. The van der Waals surface area contributed by atoms with Gasteiger partial charge in [0.15, 0.2) is 6.04 Å². The van der Waals surface area contributed by atoms with Crippen LogP contribution in [0.2, 0.25) is 0 Å². The highest BCUT2D eigenvalue weighted by molar-refractivity contribution is 7.15. The van der Waals surface area contributed by atoms with E-state index >= 15 is 0 Å². The maximum absolute atomic E-state index is 13.4. The molecule has 0 radical (unpaired) electrons. The third-order valence-electron chi connectivity index (χ3n) is 3.50. The summed E-state index contributed by atoms with van der Waals surface area (Å²) < 4.78 is 41.6. The molecule has 1 atom stereocenters. The molecule has 0 bridgehead atoms. The van der Waals surface area contributed by atoms with E-state index in [0.29, 0.717) is 11.3 Å². The van der Waals surface area contributed by atoms with Gasteiger partial charge in [0.2, 0.25) is 0 Å². The van der Waals surface area contributed by atoms with Gasteiger partial charge in [-0.05, 0) is 26.0 Å². The van der Waals surface area contributed by atoms with Gasteiger partial charge in [-0.15, -0.1) is 11.3 Å². The number of nitrogens with zero attached hydrogens (tertiary/aromatic N) is 2. The molecule has 2 rings (SSSR count). The van der Waals surface area contributed by atoms with Crippen LogP contribution < -0.4 is 5.32 Å². The van der Waals surface area contributed by atoms with Crippen molar-refractivity contribution in [3.05, 3.63) is 38.8 Å². The lowest BCUT2D eigenvalue weighted by Gasteiger charge is -2.22. The van der Waals surface area contributed by atoms with Gasteiger partial charge in [-0.25, -0.2) is 4.79 Å². The van der Waals surface area contributed by atoms with Gasteiger partial charge < -0.3 is 10.4 Å². The number of aromatic carboxylic acids is 1. The standard InChI is InChI=1S/C14H14F3N3O3S/c1-6-10(7(2)20(3)19-6)11(14(15,16)17)18-12(21)8-4-5-9(24-8)13(22)23/h4-5,11H,1-3H3,(H,18,21)(H,22,23). The molecule has 2 aromatic rings. The molecule has 2 heterocycles. The topological polar surface area (TPSA) is 84.2 Å². The van der Waals surface area contributed by atoms with Crippen LogP contribution in [0, 0.1) is 13.8 Å². The Labute approximate surface area is 138 Å². The Morgan fingerprint density at radius 3 is 2.29 bits per heavy atom. The third kappa shape index (κ3) is 3.42. The Kier molecular flexibility index (Phi) is 4.70. The fraction of sp³-hybridized carbons (Fsp3) is 0.357. The highest BCUT2D eigenvalue weighted by atomic mass is 32.1. The van der Waals surface area contributed by atoms with Crippen molar-refractivity contribution in [2.24, 2.45) is 7.05 Å². The summed E-state index contributed by atoms with van der Waals surface area (Å²) in [7, 11) is 1.51. The van der Waals surface area contributed by atoms with Crippen LogP contribution in [-0.4, -0.2) is 32.9 Å². The molecule has 0 aliphatic heterocycles. The zero-order valence-electron chi connectivity index (χ0n) is 12.9. The summed E-state index contributed by atoms with van der Waals surface area (Å²) in [6.07, 6.45) is -4.72. The van der Waals surface area contributed by atoms with Gasteiger partial charge in [0.05, 0.1) is 10.6 Å². The van der Waals surface area contributed by atoms with Gasteiger partial charge in [-0.2, -0.15) is 18.3 Å². The maximum Gasteiger partial charge on any atom is 0.413 e. The molecule has 0 aliphatic rings. The molecule has 1 amide bonds. The second kappa shape index (κ2) is 6.27. The van der Waals surface area contributed by atoms with E-state index in [9.17, 15) is 22.8 Å². The molecule has 0 saturated heterocycles. The second-order valence-electron chi connectivity index (χ2n) is 5.13. The number of carbonyl (C=O) groups excluding carboxylic acids is 1. The summed E-state index contributed by atoms with van der Waals surface area (Å²) in [6.45, 7) is 2.91. The van der Waals surface area contributed by atoms with Crippen molar-refractivity contribution in [3.63, 3.8) is 0 Å². The molecule has 1 unspecified atom stereocenters. The SMILES string of the molecule is Cc1nn(C)c(C)c1C(NC(=O)c1ccc(C(=O)O)s1)C(F)(F)F. The van der Waals surface area contributed by atoms with E-state index in [2.05, 4.69) is 5.10 Å². The first kappa shape index (κ1) is 18.0. The quantitative estimate of drug-likeness (QED) is 0.877. The number of amides is 1. The number of halogens is 3. The summed E-state index contributed by atoms with van der Waals surface area (Å²) in [4.78, 5) is 22.7. The molecule has 10 heteroatoms. The van der Waals surface area contributed by atoms with Gasteiger partial charge in [0.25, 0.3) is 5.91 Å². The number of carboxylic acids is 1. The minimum atomic E-state index is -4.72. The van der Waals surface area contributed by atoms with Crippen molar-refractivity contribution in [1.29, 1.82) is 0 Å². The molecule has 0 aliphatic carbocycles. The van der Waals surface area contributed by atoms with Crippen LogP contribution in [0.4, 0.5) is 13.2 Å². The van der Waals surface area contributed by atoms with E-state index < -0.39 is 24.1 Å². The molecule has 24 heavy (non-hydrogen) atoms. The Morgan fingerprint density at radius 1 is 1.29 bits per heavy atom. The number of hydrogen-bond acceptors (Lipinski definition) is 4. The molecule has 0 saturated carbocycles. The number of nitrogens with one attached hydrogen (secondary N) is 1. The normalized spacial score (nSPS) is 12.9. The molecule has 0 spiro atoms. The molecule has 130 valence electrons. The fourth-order valence-corrected chi connectivity index (χ4v) is 3.05. The van der Waals surface area contributed by atoms with E-state index in [0.717, 1.165) is 0 Å². The number of alkyl halides is 3. The minimum Gasteiger partial charge on any atom is -0.477 e. The smallest absolute Gasteiger partial charge is 0.413 e. The summed E-state index contributed by atoms with van der Waals surface area (Å²) in [5.41, 5.74) is 0.330. The molecular formula is C14H14F3N3O3S. The molecular weight excluding hydrogens is 347 g/mol. The van der Waals surface area contributed by atoms with E-state index in [1.807, 2.05) is 5.32 Å². The van der Waals surface area contributed by atoms with Gasteiger partial charge in [-0.1, -0.05) is 0 Å². The highest BCUT2D eigenvalue weighted by Gasteiger charge is 2.44. The predicted octanol–water partition coefficient (Wildman–Crippen LogP) is 2.83. The lowest BCUT2D eigenvalue weighted by atomic mass is 10.0. The van der Waals surface area contributed by atoms with E-state index in [1.165, 1.54) is 37.7 Å². The first-order valence-corrected chi connectivity index (χ1v) is 7.54. The minimum absolute atomic E-state index is 0.110. The van der Waals surface area contributed by atoms with Crippen LogP contribution in [0.5, 0.6) is 0 Å². The Bertz CT molecular complexity index is 795. The predicted molar refractivity (Wildman–Crippen MR) is 80.2 cm³/mol. The largest absolute Gasteiger partial charge is 0.477 e. The van der Waals surface area contributed by atoms with Crippen LogP contribution in [0.25, 0.3) is 0 Å². The first-order chi connectivity index (χ1) is 11.0. The van der Waals surface area contributed by atoms with E-state index in [1.54, 1.807) is 0 Å². The number of hydrogen-bond donors (Lipinski definition) is 2. The van der Waals surface area contributed by atoms with Crippen molar-refractivity contribution in [1.82, 2.24) is 15.1 Å². The molecule has 0 aromatic carbocycles. The average Bonchev–Trinajstić information content (AvgIpc) is 3.02. The molecule has 0 fully saturated rings. The van der Waals surface area contributed by atoms with Gasteiger partial charge >= 0.3 is 12.1 Å². The van der Waals surface area contributed by atoms with Crippen molar-refractivity contribution in [2.45, 2.75) is 26.1 Å². The lowest BCUT2D eigenvalue weighted by molar-refractivity contribution is -0.155. The van der Waals surface area contributed by atoms with Crippen molar-refractivity contribution in [2.75, 3.05) is 0 Å². The lowest BCUT2D eigenvalue weighted by Crippen LogP contribution is -2.38.